The highest BCUT2D eigenvalue weighted by Gasteiger charge is 2.29. The van der Waals surface area contributed by atoms with Gasteiger partial charge in [-0.15, -0.1) is 0 Å². The predicted molar refractivity (Wildman–Crippen MR) is 122 cm³/mol. The summed E-state index contributed by atoms with van der Waals surface area (Å²) < 4.78 is 18.8. The first-order valence-electron chi connectivity index (χ1n) is 11.2. The van der Waals surface area contributed by atoms with Gasteiger partial charge in [-0.25, -0.2) is 14.2 Å². The number of nitrogens with zero attached hydrogens (tertiary/aromatic N) is 2. The van der Waals surface area contributed by atoms with Crippen LogP contribution >= 0.6 is 0 Å². The van der Waals surface area contributed by atoms with E-state index in [9.17, 15) is 9.18 Å². The van der Waals surface area contributed by atoms with E-state index in [0.29, 0.717) is 22.9 Å². The Morgan fingerprint density at radius 2 is 1.97 bits per heavy atom. The molecule has 1 aliphatic carbocycles. The number of pyridine rings is 1. The fourth-order valence-corrected chi connectivity index (χ4v) is 5.19. The number of aromatic amines is 1. The second kappa shape index (κ2) is 8.34. The minimum Gasteiger partial charge on any atom is -0.465 e. The van der Waals surface area contributed by atoms with Crippen LogP contribution in [0.25, 0.3) is 21.9 Å². The van der Waals surface area contributed by atoms with Gasteiger partial charge >= 0.3 is 5.97 Å². The van der Waals surface area contributed by atoms with Crippen molar-refractivity contribution in [2.75, 3.05) is 7.11 Å². The third-order valence-electron chi connectivity index (χ3n) is 7.02. The first-order valence-corrected chi connectivity index (χ1v) is 11.2. The van der Waals surface area contributed by atoms with Crippen LogP contribution in [0.2, 0.25) is 0 Å². The molecule has 0 radical (unpaired) electrons. The SMILES string of the molecule is COC(=O)c1cccc2[nH]c([C@H](C)C3CCC(c4ccnc5ccc(F)cc45)CC3)nc12. The van der Waals surface area contributed by atoms with Crippen molar-refractivity contribution < 1.29 is 13.9 Å². The van der Waals surface area contributed by atoms with E-state index in [4.69, 9.17) is 9.72 Å². The van der Waals surface area contributed by atoms with Crippen LogP contribution in [-0.4, -0.2) is 28.0 Å². The van der Waals surface area contributed by atoms with Crippen molar-refractivity contribution in [2.24, 2.45) is 5.92 Å². The van der Waals surface area contributed by atoms with E-state index in [-0.39, 0.29) is 17.7 Å². The molecule has 2 aromatic carbocycles. The van der Waals surface area contributed by atoms with Gasteiger partial charge in [0, 0.05) is 17.5 Å². The minimum absolute atomic E-state index is 0.217. The lowest BCUT2D eigenvalue weighted by Crippen LogP contribution is -2.19. The quantitative estimate of drug-likeness (QED) is 0.396. The Hall–Kier alpha value is -3.28. The summed E-state index contributed by atoms with van der Waals surface area (Å²) in [4.78, 5) is 24.7. The number of halogens is 1. The van der Waals surface area contributed by atoms with Crippen molar-refractivity contribution in [3.05, 3.63) is 71.4 Å². The number of aromatic nitrogens is 3. The maximum absolute atomic E-state index is 13.9. The van der Waals surface area contributed by atoms with Gasteiger partial charge in [0.05, 0.1) is 23.7 Å². The molecule has 1 N–H and O–H groups in total. The van der Waals surface area contributed by atoms with Crippen LogP contribution in [0.15, 0.2) is 48.7 Å². The van der Waals surface area contributed by atoms with Gasteiger partial charge in [-0.1, -0.05) is 13.0 Å². The zero-order valence-electron chi connectivity index (χ0n) is 18.3. The van der Waals surface area contributed by atoms with E-state index in [0.717, 1.165) is 47.9 Å². The smallest absolute Gasteiger partial charge is 0.340 e. The lowest BCUT2D eigenvalue weighted by Gasteiger charge is -2.32. The summed E-state index contributed by atoms with van der Waals surface area (Å²) >= 11 is 0. The first-order chi connectivity index (χ1) is 15.5. The second-order valence-corrected chi connectivity index (χ2v) is 8.78. The van der Waals surface area contributed by atoms with Gasteiger partial charge in [0.1, 0.15) is 17.2 Å². The highest BCUT2D eigenvalue weighted by molar-refractivity contribution is 6.01. The molecule has 32 heavy (non-hydrogen) atoms. The summed E-state index contributed by atoms with van der Waals surface area (Å²) in [5.41, 5.74) is 4.06. The maximum atomic E-state index is 13.9. The highest BCUT2D eigenvalue weighted by atomic mass is 19.1. The van der Waals surface area contributed by atoms with Gasteiger partial charge in [0.25, 0.3) is 0 Å². The molecule has 0 saturated heterocycles. The number of rotatable bonds is 4. The van der Waals surface area contributed by atoms with Crippen molar-refractivity contribution in [3.8, 4) is 0 Å². The highest BCUT2D eigenvalue weighted by Crippen LogP contribution is 2.43. The van der Waals surface area contributed by atoms with E-state index in [1.54, 1.807) is 18.2 Å². The monoisotopic (exact) mass is 431 g/mol. The molecular formula is C26H26FN3O2. The molecule has 0 bridgehead atoms. The van der Waals surface area contributed by atoms with Gasteiger partial charge in [-0.2, -0.15) is 0 Å². The van der Waals surface area contributed by atoms with E-state index in [1.165, 1.54) is 18.7 Å². The Morgan fingerprint density at radius 1 is 1.16 bits per heavy atom. The number of para-hydroxylation sites is 1. The topological polar surface area (TPSA) is 67.9 Å². The molecule has 4 aromatic rings. The van der Waals surface area contributed by atoms with E-state index < -0.39 is 0 Å². The number of H-pyrrole nitrogens is 1. The average molecular weight is 432 g/mol. The molecule has 1 atom stereocenters. The summed E-state index contributed by atoms with van der Waals surface area (Å²) in [5, 5.41) is 0.927. The number of carbonyl (C=O) groups is 1. The van der Waals surface area contributed by atoms with Crippen molar-refractivity contribution >= 4 is 27.9 Å². The van der Waals surface area contributed by atoms with Gasteiger partial charge < -0.3 is 9.72 Å². The van der Waals surface area contributed by atoms with E-state index in [1.807, 2.05) is 24.4 Å². The number of fused-ring (bicyclic) bond motifs is 2. The van der Waals surface area contributed by atoms with Gasteiger partial charge in [0.15, 0.2) is 0 Å². The molecule has 2 aromatic heterocycles. The predicted octanol–water partition coefficient (Wildman–Crippen LogP) is 6.11. The van der Waals surface area contributed by atoms with Crippen molar-refractivity contribution in [2.45, 2.75) is 44.4 Å². The van der Waals surface area contributed by atoms with Crippen LogP contribution in [0.3, 0.4) is 0 Å². The summed E-state index contributed by atoms with van der Waals surface area (Å²) in [6, 6.07) is 12.4. The Bertz CT molecular complexity index is 1290. The molecule has 0 amide bonds. The molecular weight excluding hydrogens is 405 g/mol. The molecule has 5 nitrogen and oxygen atoms in total. The average Bonchev–Trinajstić information content (AvgIpc) is 3.27. The molecule has 2 heterocycles. The zero-order valence-corrected chi connectivity index (χ0v) is 18.3. The molecule has 0 spiro atoms. The Labute approximate surface area is 186 Å². The maximum Gasteiger partial charge on any atom is 0.340 e. The standard InChI is InChI=1S/C26H26FN3O2/c1-15(25-29-23-5-3-4-20(24(23)30-25)26(31)32-2)16-6-8-17(9-7-16)19-12-13-28-22-11-10-18(27)14-21(19)22/h3-5,10-17H,6-9H2,1-2H3,(H,29,30)/t15-,16?,17?/m1/s1. The van der Waals surface area contributed by atoms with Crippen LogP contribution in [0.1, 0.15) is 66.2 Å². The summed E-state index contributed by atoms with van der Waals surface area (Å²) in [5.74, 6) is 1.48. The number of ether oxygens (including phenoxy) is 1. The summed E-state index contributed by atoms with van der Waals surface area (Å²) in [7, 11) is 1.39. The van der Waals surface area contributed by atoms with Crippen LogP contribution in [0.4, 0.5) is 4.39 Å². The Morgan fingerprint density at radius 3 is 2.75 bits per heavy atom. The number of hydrogen-bond acceptors (Lipinski definition) is 4. The number of carbonyl (C=O) groups excluding carboxylic acids is 1. The lowest BCUT2D eigenvalue weighted by atomic mass is 9.73. The molecule has 1 aliphatic rings. The number of benzene rings is 2. The summed E-state index contributed by atoms with van der Waals surface area (Å²) in [6.07, 6.45) is 6.09. The number of methoxy groups -OCH3 is 1. The zero-order chi connectivity index (χ0) is 22.2. The van der Waals surface area contributed by atoms with Crippen molar-refractivity contribution in [3.63, 3.8) is 0 Å². The van der Waals surface area contributed by atoms with Gasteiger partial charge in [-0.05, 0) is 79.5 Å². The van der Waals surface area contributed by atoms with Crippen LogP contribution in [0.5, 0.6) is 0 Å². The fraction of sp³-hybridized carbons (Fsp3) is 0.346. The Kier molecular flexibility index (Phi) is 5.37. The molecule has 1 fully saturated rings. The molecule has 0 unspecified atom stereocenters. The minimum atomic E-state index is -0.372. The van der Waals surface area contributed by atoms with Gasteiger partial charge in [-0.3, -0.25) is 4.98 Å². The second-order valence-electron chi connectivity index (χ2n) is 8.78. The number of nitrogens with one attached hydrogen (secondary N) is 1. The van der Waals surface area contributed by atoms with E-state index >= 15 is 0 Å². The van der Waals surface area contributed by atoms with Crippen LogP contribution < -0.4 is 0 Å². The lowest BCUT2D eigenvalue weighted by molar-refractivity contribution is 0.0603. The third-order valence-corrected chi connectivity index (χ3v) is 7.02. The summed E-state index contributed by atoms with van der Waals surface area (Å²) in [6.45, 7) is 2.21. The first kappa shape index (κ1) is 20.6. The van der Waals surface area contributed by atoms with Gasteiger partial charge in [0.2, 0.25) is 0 Å². The molecule has 6 heteroatoms. The van der Waals surface area contributed by atoms with E-state index in [2.05, 4.69) is 16.9 Å². The van der Waals surface area contributed by atoms with Crippen molar-refractivity contribution in [1.29, 1.82) is 0 Å². The van der Waals surface area contributed by atoms with Crippen molar-refractivity contribution in [1.82, 2.24) is 15.0 Å². The molecule has 1 saturated carbocycles. The van der Waals surface area contributed by atoms with Crippen LogP contribution in [-0.2, 0) is 4.74 Å². The normalized spacial score (nSPS) is 19.8. The van der Waals surface area contributed by atoms with Crippen LogP contribution in [0, 0.1) is 11.7 Å². The molecule has 164 valence electrons. The fourth-order valence-electron chi connectivity index (χ4n) is 5.19. The third kappa shape index (κ3) is 3.64. The number of esters is 1. The largest absolute Gasteiger partial charge is 0.465 e. The molecule has 5 rings (SSSR count). The Balaban J connectivity index is 1.35. The molecule has 0 aliphatic heterocycles. The number of imidazole rings is 1. The number of hydrogen-bond donors (Lipinski definition) is 1.